The van der Waals surface area contributed by atoms with Crippen LogP contribution in [0.3, 0.4) is 0 Å². The molecule has 1 aromatic carbocycles. The number of benzene rings is 1. The van der Waals surface area contributed by atoms with Gasteiger partial charge in [-0.15, -0.1) is 0 Å². The lowest BCUT2D eigenvalue weighted by Crippen LogP contribution is -2.44. The van der Waals surface area contributed by atoms with E-state index in [2.05, 4.69) is 17.4 Å². The van der Waals surface area contributed by atoms with E-state index in [0.29, 0.717) is 18.6 Å². The van der Waals surface area contributed by atoms with Gasteiger partial charge in [0.15, 0.2) is 0 Å². The molecule has 0 aliphatic heterocycles. The Labute approximate surface area is 108 Å². The van der Waals surface area contributed by atoms with E-state index in [4.69, 9.17) is 5.73 Å². The van der Waals surface area contributed by atoms with Gasteiger partial charge in [-0.1, -0.05) is 18.2 Å². The molecule has 0 radical (unpaired) electrons. The maximum atomic E-state index is 11.3. The number of nitrogens with one attached hydrogen (secondary N) is 1. The first-order valence-corrected chi connectivity index (χ1v) is 6.38. The van der Waals surface area contributed by atoms with Crippen molar-refractivity contribution in [2.24, 2.45) is 5.73 Å². The number of amides is 1. The third kappa shape index (κ3) is 3.01. The topological polar surface area (TPSA) is 58.4 Å². The van der Waals surface area contributed by atoms with Crippen molar-refractivity contribution in [2.75, 3.05) is 12.4 Å². The second-order valence-electron chi connectivity index (χ2n) is 5.10. The van der Waals surface area contributed by atoms with E-state index >= 15 is 0 Å². The summed E-state index contributed by atoms with van der Waals surface area (Å²) in [5.41, 5.74) is 8.05. The number of carbonyl (C=O) groups excluding carboxylic acids is 1. The van der Waals surface area contributed by atoms with Crippen LogP contribution < -0.4 is 11.1 Å². The van der Waals surface area contributed by atoms with E-state index in [9.17, 15) is 4.79 Å². The average Bonchev–Trinajstić information content (AvgIpc) is 2.29. The lowest BCUT2D eigenvalue weighted by molar-refractivity contribution is -0.128. The predicted octanol–water partition coefficient (Wildman–Crippen LogP) is 1.57. The maximum Gasteiger partial charge on any atom is 0.219 e. The van der Waals surface area contributed by atoms with Crippen molar-refractivity contribution in [3.63, 3.8) is 0 Å². The van der Waals surface area contributed by atoms with Crippen LogP contribution in [0, 0.1) is 0 Å². The highest BCUT2D eigenvalue weighted by Crippen LogP contribution is 2.25. The number of rotatable bonds is 4. The molecule has 98 valence electrons. The standard InChI is InChI=1S/C14H21N3O/c1-10(18)17(2)9-11-5-3-4-6-14(11)16-13-7-12(15)8-13/h3-6,12-13,16H,7-9,15H2,1-2H3. The van der Waals surface area contributed by atoms with E-state index in [0.717, 1.165) is 24.1 Å². The Morgan fingerprint density at radius 1 is 1.44 bits per heavy atom. The molecule has 0 spiro atoms. The molecule has 0 unspecified atom stereocenters. The zero-order valence-corrected chi connectivity index (χ0v) is 11.0. The molecule has 0 atom stereocenters. The first kappa shape index (κ1) is 12.9. The van der Waals surface area contributed by atoms with Gasteiger partial charge in [-0.3, -0.25) is 4.79 Å². The first-order chi connectivity index (χ1) is 8.56. The number of carbonyl (C=O) groups is 1. The lowest BCUT2D eigenvalue weighted by Gasteiger charge is -2.34. The van der Waals surface area contributed by atoms with Gasteiger partial charge >= 0.3 is 0 Å². The van der Waals surface area contributed by atoms with Crippen LogP contribution in [-0.4, -0.2) is 29.9 Å². The third-order valence-electron chi connectivity index (χ3n) is 3.50. The fourth-order valence-corrected chi connectivity index (χ4v) is 2.17. The highest BCUT2D eigenvalue weighted by molar-refractivity contribution is 5.73. The van der Waals surface area contributed by atoms with Gasteiger partial charge in [0.1, 0.15) is 0 Å². The van der Waals surface area contributed by atoms with E-state index in [-0.39, 0.29) is 5.91 Å². The molecule has 0 bridgehead atoms. The Kier molecular flexibility index (Phi) is 3.87. The number of nitrogens with two attached hydrogens (primary N) is 1. The highest BCUT2D eigenvalue weighted by atomic mass is 16.2. The van der Waals surface area contributed by atoms with Crippen LogP contribution >= 0.6 is 0 Å². The summed E-state index contributed by atoms with van der Waals surface area (Å²) in [6, 6.07) is 8.95. The van der Waals surface area contributed by atoms with Gasteiger partial charge in [0.05, 0.1) is 0 Å². The van der Waals surface area contributed by atoms with Crippen LogP contribution in [-0.2, 0) is 11.3 Å². The van der Waals surface area contributed by atoms with Crippen LogP contribution in [0.4, 0.5) is 5.69 Å². The summed E-state index contributed by atoms with van der Waals surface area (Å²) < 4.78 is 0. The van der Waals surface area contributed by atoms with Crippen molar-refractivity contribution in [3.05, 3.63) is 29.8 Å². The highest BCUT2D eigenvalue weighted by Gasteiger charge is 2.26. The van der Waals surface area contributed by atoms with Crippen molar-refractivity contribution in [3.8, 4) is 0 Å². The van der Waals surface area contributed by atoms with Crippen molar-refractivity contribution < 1.29 is 4.79 Å². The van der Waals surface area contributed by atoms with Crippen LogP contribution in [0.5, 0.6) is 0 Å². The Balaban J connectivity index is 2.03. The number of nitrogens with zero attached hydrogens (tertiary/aromatic N) is 1. The zero-order chi connectivity index (χ0) is 13.1. The van der Waals surface area contributed by atoms with E-state index in [1.165, 1.54) is 0 Å². The summed E-state index contributed by atoms with van der Waals surface area (Å²) in [6.45, 7) is 2.22. The molecule has 4 heteroatoms. The van der Waals surface area contributed by atoms with Crippen molar-refractivity contribution in [2.45, 2.75) is 38.4 Å². The molecule has 1 aliphatic rings. The van der Waals surface area contributed by atoms with Gasteiger partial charge in [0.25, 0.3) is 0 Å². The van der Waals surface area contributed by atoms with Crippen LogP contribution in [0.25, 0.3) is 0 Å². The number of para-hydroxylation sites is 1. The Morgan fingerprint density at radius 2 is 2.11 bits per heavy atom. The molecule has 18 heavy (non-hydrogen) atoms. The van der Waals surface area contributed by atoms with E-state index < -0.39 is 0 Å². The Morgan fingerprint density at radius 3 is 2.72 bits per heavy atom. The monoisotopic (exact) mass is 247 g/mol. The van der Waals surface area contributed by atoms with E-state index in [1.807, 2.05) is 19.2 Å². The van der Waals surface area contributed by atoms with Crippen molar-refractivity contribution in [1.29, 1.82) is 0 Å². The fourth-order valence-electron chi connectivity index (χ4n) is 2.17. The molecule has 0 saturated heterocycles. The van der Waals surface area contributed by atoms with E-state index in [1.54, 1.807) is 11.8 Å². The number of hydrogen-bond acceptors (Lipinski definition) is 3. The molecular weight excluding hydrogens is 226 g/mol. The molecule has 4 nitrogen and oxygen atoms in total. The molecular formula is C14H21N3O. The van der Waals surface area contributed by atoms with Crippen LogP contribution in [0.2, 0.25) is 0 Å². The molecule has 1 saturated carbocycles. The first-order valence-electron chi connectivity index (χ1n) is 6.38. The average molecular weight is 247 g/mol. The summed E-state index contributed by atoms with van der Waals surface area (Å²) >= 11 is 0. The molecule has 1 aromatic rings. The van der Waals surface area contributed by atoms with Gasteiger partial charge < -0.3 is 16.0 Å². The molecule has 1 fully saturated rings. The Hall–Kier alpha value is -1.55. The quantitative estimate of drug-likeness (QED) is 0.849. The van der Waals surface area contributed by atoms with Crippen molar-refractivity contribution >= 4 is 11.6 Å². The number of anilines is 1. The zero-order valence-electron chi connectivity index (χ0n) is 11.0. The number of hydrogen-bond donors (Lipinski definition) is 2. The maximum absolute atomic E-state index is 11.3. The van der Waals surface area contributed by atoms with Crippen molar-refractivity contribution in [1.82, 2.24) is 4.90 Å². The smallest absolute Gasteiger partial charge is 0.219 e. The van der Waals surface area contributed by atoms with Crippen LogP contribution in [0.15, 0.2) is 24.3 Å². The molecule has 0 aromatic heterocycles. The van der Waals surface area contributed by atoms with Gasteiger partial charge in [0.2, 0.25) is 5.91 Å². The van der Waals surface area contributed by atoms with Gasteiger partial charge in [-0.2, -0.15) is 0 Å². The second-order valence-corrected chi connectivity index (χ2v) is 5.10. The molecule has 2 rings (SSSR count). The minimum atomic E-state index is 0.0791. The summed E-state index contributed by atoms with van der Waals surface area (Å²) in [5.74, 6) is 0.0791. The second kappa shape index (κ2) is 5.40. The predicted molar refractivity (Wildman–Crippen MR) is 73.2 cm³/mol. The van der Waals surface area contributed by atoms with Gasteiger partial charge in [-0.25, -0.2) is 0 Å². The van der Waals surface area contributed by atoms with Gasteiger partial charge in [0, 0.05) is 38.3 Å². The molecule has 0 heterocycles. The Bertz CT molecular complexity index is 427. The summed E-state index contributed by atoms with van der Waals surface area (Å²) in [5, 5.41) is 3.50. The largest absolute Gasteiger partial charge is 0.382 e. The van der Waals surface area contributed by atoms with Crippen LogP contribution in [0.1, 0.15) is 25.3 Å². The summed E-state index contributed by atoms with van der Waals surface area (Å²) in [6.07, 6.45) is 2.05. The SMILES string of the molecule is CC(=O)N(C)Cc1ccccc1NC1CC(N)C1. The fraction of sp³-hybridized carbons (Fsp3) is 0.500. The molecule has 1 amide bonds. The molecule has 3 N–H and O–H groups in total. The lowest BCUT2D eigenvalue weighted by atomic mass is 9.87. The molecule has 1 aliphatic carbocycles. The summed E-state index contributed by atoms with van der Waals surface area (Å²) in [4.78, 5) is 13.0. The minimum Gasteiger partial charge on any atom is -0.382 e. The summed E-state index contributed by atoms with van der Waals surface area (Å²) in [7, 11) is 1.82. The minimum absolute atomic E-state index is 0.0791. The van der Waals surface area contributed by atoms with Gasteiger partial charge in [-0.05, 0) is 24.5 Å². The third-order valence-corrected chi connectivity index (χ3v) is 3.50. The normalized spacial score (nSPS) is 22.2.